The summed E-state index contributed by atoms with van der Waals surface area (Å²) in [7, 11) is 0. The lowest BCUT2D eigenvalue weighted by Crippen LogP contribution is -2.44. The molecule has 0 aromatic heterocycles. The Morgan fingerprint density at radius 2 is 1.70 bits per heavy atom. The molecule has 0 radical (unpaired) electrons. The molecule has 0 aliphatic heterocycles. The van der Waals surface area contributed by atoms with E-state index in [0.717, 1.165) is 16.7 Å². The van der Waals surface area contributed by atoms with Crippen LogP contribution in [-0.2, 0) is 16.6 Å². The quantitative estimate of drug-likeness (QED) is 0.876. The van der Waals surface area contributed by atoms with Gasteiger partial charge in [0.1, 0.15) is 5.41 Å². The summed E-state index contributed by atoms with van der Waals surface area (Å²) in [6.07, 6.45) is 0.392. The highest BCUT2D eigenvalue weighted by molar-refractivity contribution is 5.82. The topological polar surface area (TPSA) is 63.3 Å². The number of carboxylic acids is 1. The van der Waals surface area contributed by atoms with Gasteiger partial charge in [-0.05, 0) is 24.5 Å². The third-order valence-corrected chi connectivity index (χ3v) is 3.71. The first-order chi connectivity index (χ1) is 9.58. The molecule has 104 valence electrons. The Bertz CT molecular complexity index is 578. The largest absolute Gasteiger partial charge is 0.481 e. The van der Waals surface area contributed by atoms with Gasteiger partial charge in [-0.3, -0.25) is 4.79 Å². The SMILES string of the molecule is Cc1ccc(CC(CN)(C(=O)O)c2ccccc2)cc1. The summed E-state index contributed by atoms with van der Waals surface area (Å²) in [6.45, 7) is 2.08. The molecule has 0 saturated heterocycles. The van der Waals surface area contributed by atoms with Crippen LogP contribution in [0.15, 0.2) is 54.6 Å². The van der Waals surface area contributed by atoms with Crippen LogP contribution >= 0.6 is 0 Å². The Morgan fingerprint density at radius 1 is 1.10 bits per heavy atom. The average Bonchev–Trinajstić information content (AvgIpc) is 2.47. The lowest BCUT2D eigenvalue weighted by molar-refractivity contribution is -0.143. The lowest BCUT2D eigenvalue weighted by atomic mass is 9.75. The molecule has 0 fully saturated rings. The molecule has 2 aromatic carbocycles. The van der Waals surface area contributed by atoms with Gasteiger partial charge < -0.3 is 10.8 Å². The van der Waals surface area contributed by atoms with Gasteiger partial charge in [-0.1, -0.05) is 60.2 Å². The maximum atomic E-state index is 11.8. The molecule has 0 aliphatic rings. The molecular weight excluding hydrogens is 250 g/mol. The molecule has 3 heteroatoms. The number of benzene rings is 2. The van der Waals surface area contributed by atoms with Crippen LogP contribution in [0.25, 0.3) is 0 Å². The van der Waals surface area contributed by atoms with E-state index in [4.69, 9.17) is 5.73 Å². The molecule has 2 aromatic rings. The van der Waals surface area contributed by atoms with Crippen LogP contribution in [-0.4, -0.2) is 17.6 Å². The van der Waals surface area contributed by atoms with Crippen molar-refractivity contribution in [2.75, 3.05) is 6.54 Å². The monoisotopic (exact) mass is 269 g/mol. The number of hydrogen-bond donors (Lipinski definition) is 2. The molecule has 0 heterocycles. The van der Waals surface area contributed by atoms with Crippen molar-refractivity contribution in [3.63, 3.8) is 0 Å². The van der Waals surface area contributed by atoms with Gasteiger partial charge in [0.05, 0.1) is 0 Å². The third kappa shape index (κ3) is 2.73. The van der Waals surface area contributed by atoms with E-state index in [0.29, 0.717) is 6.42 Å². The Morgan fingerprint density at radius 3 is 2.20 bits per heavy atom. The van der Waals surface area contributed by atoms with Crippen molar-refractivity contribution < 1.29 is 9.90 Å². The first-order valence-electron chi connectivity index (χ1n) is 6.63. The number of nitrogens with two attached hydrogens (primary N) is 1. The fourth-order valence-corrected chi connectivity index (χ4v) is 2.39. The van der Waals surface area contributed by atoms with Gasteiger partial charge in [0.15, 0.2) is 0 Å². The second kappa shape index (κ2) is 5.88. The predicted molar refractivity (Wildman–Crippen MR) is 79.7 cm³/mol. The number of hydrogen-bond acceptors (Lipinski definition) is 2. The van der Waals surface area contributed by atoms with Gasteiger partial charge in [-0.2, -0.15) is 0 Å². The summed E-state index contributed by atoms with van der Waals surface area (Å²) in [6, 6.07) is 17.1. The zero-order chi connectivity index (χ0) is 14.6. The molecule has 0 saturated carbocycles. The van der Waals surface area contributed by atoms with Gasteiger partial charge in [0, 0.05) is 6.54 Å². The molecule has 20 heavy (non-hydrogen) atoms. The molecule has 3 N–H and O–H groups in total. The summed E-state index contributed by atoms with van der Waals surface area (Å²) in [5, 5.41) is 9.71. The minimum atomic E-state index is -1.07. The van der Waals surface area contributed by atoms with E-state index in [9.17, 15) is 9.90 Å². The highest BCUT2D eigenvalue weighted by Crippen LogP contribution is 2.28. The highest BCUT2D eigenvalue weighted by atomic mass is 16.4. The molecule has 0 aliphatic carbocycles. The van der Waals surface area contributed by atoms with E-state index in [2.05, 4.69) is 0 Å². The molecule has 2 rings (SSSR count). The number of rotatable bonds is 5. The Hall–Kier alpha value is -2.13. The molecule has 3 nitrogen and oxygen atoms in total. The number of aliphatic carboxylic acids is 1. The number of carbonyl (C=O) groups is 1. The summed E-state index contributed by atoms with van der Waals surface area (Å²) >= 11 is 0. The average molecular weight is 269 g/mol. The normalized spacial score (nSPS) is 13.7. The maximum Gasteiger partial charge on any atom is 0.315 e. The van der Waals surface area contributed by atoms with Gasteiger partial charge in [0.25, 0.3) is 0 Å². The number of carboxylic acid groups (broad SMARTS) is 1. The van der Waals surface area contributed by atoms with E-state index in [1.54, 1.807) is 0 Å². The van der Waals surface area contributed by atoms with E-state index < -0.39 is 11.4 Å². The van der Waals surface area contributed by atoms with Crippen molar-refractivity contribution in [1.29, 1.82) is 0 Å². The maximum absolute atomic E-state index is 11.8. The second-order valence-corrected chi connectivity index (χ2v) is 5.12. The van der Waals surface area contributed by atoms with Crippen LogP contribution < -0.4 is 5.73 Å². The number of aryl methyl sites for hydroxylation is 1. The van der Waals surface area contributed by atoms with Crippen molar-refractivity contribution in [2.45, 2.75) is 18.8 Å². The summed E-state index contributed by atoms with van der Waals surface area (Å²) < 4.78 is 0. The highest BCUT2D eigenvalue weighted by Gasteiger charge is 2.39. The van der Waals surface area contributed by atoms with Gasteiger partial charge in [0.2, 0.25) is 0 Å². The fraction of sp³-hybridized carbons (Fsp3) is 0.235. The third-order valence-electron chi connectivity index (χ3n) is 3.71. The van der Waals surface area contributed by atoms with E-state index in [-0.39, 0.29) is 6.54 Å². The second-order valence-electron chi connectivity index (χ2n) is 5.12. The minimum Gasteiger partial charge on any atom is -0.481 e. The Kier molecular flexibility index (Phi) is 4.20. The molecule has 0 amide bonds. The molecule has 1 atom stereocenters. The Balaban J connectivity index is 2.42. The van der Waals surface area contributed by atoms with Crippen LogP contribution in [0.4, 0.5) is 0 Å². The van der Waals surface area contributed by atoms with E-state index in [1.165, 1.54) is 0 Å². The smallest absolute Gasteiger partial charge is 0.315 e. The van der Waals surface area contributed by atoms with Gasteiger partial charge in [-0.25, -0.2) is 0 Å². The summed E-state index contributed by atoms with van der Waals surface area (Å²) in [5.41, 5.74) is 7.64. The van der Waals surface area contributed by atoms with Crippen molar-refractivity contribution >= 4 is 5.97 Å². The summed E-state index contributed by atoms with van der Waals surface area (Å²) in [5.74, 6) is -0.883. The van der Waals surface area contributed by atoms with Crippen LogP contribution in [0.3, 0.4) is 0 Å². The van der Waals surface area contributed by atoms with Crippen LogP contribution in [0.5, 0.6) is 0 Å². The van der Waals surface area contributed by atoms with Crippen molar-refractivity contribution in [3.8, 4) is 0 Å². The van der Waals surface area contributed by atoms with Gasteiger partial charge >= 0.3 is 5.97 Å². The van der Waals surface area contributed by atoms with Gasteiger partial charge in [-0.15, -0.1) is 0 Å². The van der Waals surface area contributed by atoms with Crippen molar-refractivity contribution in [3.05, 3.63) is 71.3 Å². The first kappa shape index (κ1) is 14.3. The van der Waals surface area contributed by atoms with Crippen molar-refractivity contribution in [2.24, 2.45) is 5.73 Å². The van der Waals surface area contributed by atoms with Crippen LogP contribution in [0.2, 0.25) is 0 Å². The van der Waals surface area contributed by atoms with E-state index in [1.807, 2.05) is 61.5 Å². The zero-order valence-electron chi connectivity index (χ0n) is 11.5. The van der Waals surface area contributed by atoms with Crippen LogP contribution in [0, 0.1) is 6.92 Å². The molecule has 1 unspecified atom stereocenters. The standard InChI is InChI=1S/C17H19NO2/c1-13-7-9-14(10-8-13)11-17(12-18,16(19)20)15-5-3-2-4-6-15/h2-10H,11-12,18H2,1H3,(H,19,20). The van der Waals surface area contributed by atoms with Crippen LogP contribution in [0.1, 0.15) is 16.7 Å². The Labute approximate surface area is 119 Å². The first-order valence-corrected chi connectivity index (χ1v) is 6.63. The zero-order valence-corrected chi connectivity index (χ0v) is 11.5. The molecular formula is C17H19NO2. The fourth-order valence-electron chi connectivity index (χ4n) is 2.39. The summed E-state index contributed by atoms with van der Waals surface area (Å²) in [4.78, 5) is 11.8. The minimum absolute atomic E-state index is 0.0697. The molecule has 0 bridgehead atoms. The predicted octanol–water partition coefficient (Wildman–Crippen LogP) is 2.52. The molecule has 0 spiro atoms. The lowest BCUT2D eigenvalue weighted by Gasteiger charge is -2.28. The van der Waals surface area contributed by atoms with E-state index >= 15 is 0 Å². The van der Waals surface area contributed by atoms with Crippen molar-refractivity contribution in [1.82, 2.24) is 0 Å².